The molecule has 0 aliphatic heterocycles. The van der Waals surface area contributed by atoms with Gasteiger partial charge in [0.2, 0.25) is 0 Å². The molecule has 7 unspecified atom stereocenters. The standard InChI is InChI=1S/C24H42O.2C3H9NO.C3H8.C2H6O.2C2H6.2CH5N.CH4/c1-17(7-6-16-25)20-11-12-21-19-10-9-18-8-4-5-14-23(18,2)22(19)13-15-24(20,21)3;2*4-2-1-3-5;2*1-3-2;4*1-2;/h17-22,25H,4-16H2,1-3H3;2*5H,1-4H2;3H2,1-2H3;1-2H3;2*1-2H3;2*2H2,1H3;1H4/t17-,18?,19?,20?,21?,22?,23?,24?;;;;;;;;;/m1........./s1. The molecule has 4 aliphatic carbocycles. The molecule has 8 nitrogen and oxygen atoms in total. The van der Waals surface area contributed by atoms with E-state index in [9.17, 15) is 5.11 Å². The molecule has 0 spiro atoms. The molecule has 4 saturated carbocycles. The molecule has 11 N–H and O–H groups in total. The number of ether oxygens (including phenoxy) is 1. The molecule has 8 heteroatoms. The van der Waals surface area contributed by atoms with Crippen LogP contribution in [0, 0.1) is 46.3 Å². The van der Waals surface area contributed by atoms with E-state index in [0.29, 0.717) is 30.5 Å². The summed E-state index contributed by atoms with van der Waals surface area (Å²) in [6.07, 6.45) is 20.1. The van der Waals surface area contributed by atoms with E-state index in [1.54, 1.807) is 20.6 Å². The minimum atomic E-state index is 0. The first-order chi connectivity index (χ1) is 23.7. The smallest absolute Gasteiger partial charge is 0.0443 e. The second-order valence-electron chi connectivity index (χ2n) is 13.8. The van der Waals surface area contributed by atoms with E-state index >= 15 is 0 Å². The van der Waals surface area contributed by atoms with Gasteiger partial charge in [-0.1, -0.05) is 89.0 Å². The number of aliphatic hydroxyl groups is 3. The number of methoxy groups -OCH3 is 1. The Balaban J connectivity index is -0.000000161. The third kappa shape index (κ3) is 22.7. The number of nitrogens with two attached hydrogens (primary N) is 4. The zero-order valence-corrected chi connectivity index (χ0v) is 35.7. The van der Waals surface area contributed by atoms with Crippen LogP contribution < -0.4 is 22.9 Å². The summed E-state index contributed by atoms with van der Waals surface area (Å²) < 4.78 is 4.25. The summed E-state index contributed by atoms with van der Waals surface area (Å²) in [7, 11) is 6.25. The molecule has 0 bridgehead atoms. The van der Waals surface area contributed by atoms with Gasteiger partial charge < -0.3 is 43.0 Å². The molecule has 0 amide bonds. The van der Waals surface area contributed by atoms with Gasteiger partial charge in [-0.15, -0.1) is 0 Å². The Bertz CT molecular complexity index is 606. The average Bonchev–Trinajstić information content (AvgIpc) is 3.50. The van der Waals surface area contributed by atoms with Crippen LogP contribution in [0.5, 0.6) is 0 Å². The number of hydrogen-bond acceptors (Lipinski definition) is 8. The first-order valence-corrected chi connectivity index (χ1v) is 20.4. The van der Waals surface area contributed by atoms with Gasteiger partial charge in [0.25, 0.3) is 0 Å². The van der Waals surface area contributed by atoms with Crippen LogP contribution in [-0.4, -0.2) is 76.5 Å². The van der Waals surface area contributed by atoms with Gasteiger partial charge in [0, 0.05) is 34.0 Å². The number of rotatable bonds is 8. The average molecular weight is 725 g/mol. The van der Waals surface area contributed by atoms with Gasteiger partial charge in [0.1, 0.15) is 0 Å². The van der Waals surface area contributed by atoms with Gasteiger partial charge >= 0.3 is 0 Å². The molecule has 0 aromatic heterocycles. The van der Waals surface area contributed by atoms with Gasteiger partial charge in [-0.05, 0) is 151 Å². The first-order valence-electron chi connectivity index (χ1n) is 20.4. The Kier molecular flexibility index (Phi) is 53.2. The highest BCUT2D eigenvalue weighted by atomic mass is 16.4. The fourth-order valence-corrected chi connectivity index (χ4v) is 9.07. The van der Waals surface area contributed by atoms with Crippen molar-refractivity contribution in [2.24, 2.45) is 69.3 Å². The summed E-state index contributed by atoms with van der Waals surface area (Å²) in [4.78, 5) is 0. The molecule has 4 rings (SSSR count). The second kappa shape index (κ2) is 43.1. The van der Waals surface area contributed by atoms with Crippen LogP contribution in [0.25, 0.3) is 0 Å². The van der Waals surface area contributed by atoms with E-state index in [1.807, 2.05) is 27.7 Å². The summed E-state index contributed by atoms with van der Waals surface area (Å²) in [6.45, 7) is 22.1. The van der Waals surface area contributed by atoms with Crippen LogP contribution in [0.4, 0.5) is 0 Å². The van der Waals surface area contributed by atoms with Gasteiger partial charge in [-0.25, -0.2) is 0 Å². The topological polar surface area (TPSA) is 174 Å². The summed E-state index contributed by atoms with van der Waals surface area (Å²) in [5.41, 5.74) is 20.2. The highest BCUT2D eigenvalue weighted by Crippen LogP contribution is 2.68. The summed E-state index contributed by atoms with van der Waals surface area (Å²) >= 11 is 0. The van der Waals surface area contributed by atoms with Crippen molar-refractivity contribution in [2.45, 2.75) is 166 Å². The quantitative estimate of drug-likeness (QED) is 0.130. The lowest BCUT2D eigenvalue weighted by atomic mass is 9.44. The Morgan fingerprint density at radius 3 is 1.50 bits per heavy atom. The lowest BCUT2D eigenvalue weighted by molar-refractivity contribution is -0.114. The van der Waals surface area contributed by atoms with Crippen LogP contribution >= 0.6 is 0 Å². The molecular weight excluding hydrogens is 624 g/mol. The van der Waals surface area contributed by atoms with E-state index in [2.05, 4.69) is 50.8 Å². The third-order valence-corrected chi connectivity index (χ3v) is 10.9. The fourth-order valence-electron chi connectivity index (χ4n) is 9.07. The van der Waals surface area contributed by atoms with Crippen LogP contribution in [-0.2, 0) is 4.74 Å². The lowest BCUT2D eigenvalue weighted by Crippen LogP contribution is -2.53. The van der Waals surface area contributed by atoms with Gasteiger partial charge in [0.15, 0.2) is 0 Å². The maximum atomic E-state index is 9.25. The van der Waals surface area contributed by atoms with Crippen molar-refractivity contribution in [3.63, 3.8) is 0 Å². The van der Waals surface area contributed by atoms with Crippen molar-refractivity contribution in [3.05, 3.63) is 0 Å². The van der Waals surface area contributed by atoms with E-state index in [-0.39, 0.29) is 20.6 Å². The van der Waals surface area contributed by atoms with Crippen LogP contribution in [0.2, 0.25) is 0 Å². The SMILES string of the molecule is C.CC.CC.CCC.CN.CN.COC.C[C@H](CCCO)C1CCC2C3CCC4CCCCC4(C)C3CCC21C.NCCCO.NCCCO. The van der Waals surface area contributed by atoms with Crippen LogP contribution in [0.15, 0.2) is 0 Å². The predicted molar refractivity (Wildman–Crippen MR) is 225 cm³/mol. The molecule has 8 atom stereocenters. The monoisotopic (exact) mass is 725 g/mol. The summed E-state index contributed by atoms with van der Waals surface area (Å²) in [5.74, 6) is 5.85. The predicted octanol–water partition coefficient (Wildman–Crippen LogP) is 8.62. The van der Waals surface area contributed by atoms with Crippen LogP contribution in [0.3, 0.4) is 0 Å². The molecule has 0 aromatic carbocycles. The highest BCUT2D eigenvalue weighted by Gasteiger charge is 2.60. The normalized spacial score (nSPS) is 28.2. The zero-order valence-electron chi connectivity index (χ0n) is 35.7. The fraction of sp³-hybridized carbons (Fsp3) is 1.00. The third-order valence-electron chi connectivity index (χ3n) is 10.9. The lowest BCUT2D eigenvalue weighted by Gasteiger charge is -2.61. The maximum absolute atomic E-state index is 9.25. The van der Waals surface area contributed by atoms with E-state index < -0.39 is 0 Å². The highest BCUT2D eigenvalue weighted by molar-refractivity contribution is 5.09. The number of fused-ring (bicyclic) bond motifs is 5. The second-order valence-corrected chi connectivity index (χ2v) is 13.8. The molecule has 312 valence electrons. The van der Waals surface area contributed by atoms with Crippen molar-refractivity contribution in [2.75, 3.05) is 61.2 Å². The van der Waals surface area contributed by atoms with Crippen LogP contribution in [0.1, 0.15) is 166 Å². The van der Waals surface area contributed by atoms with Crippen molar-refractivity contribution in [3.8, 4) is 0 Å². The van der Waals surface area contributed by atoms with E-state index in [1.165, 1.54) is 84.7 Å². The molecule has 50 heavy (non-hydrogen) atoms. The number of aliphatic hydroxyl groups excluding tert-OH is 3. The van der Waals surface area contributed by atoms with Crippen molar-refractivity contribution in [1.82, 2.24) is 0 Å². The maximum Gasteiger partial charge on any atom is 0.0443 e. The minimum Gasteiger partial charge on any atom is -0.396 e. The molecule has 0 heterocycles. The zero-order chi connectivity index (χ0) is 39.3. The Morgan fingerprint density at radius 1 is 0.660 bits per heavy atom. The Morgan fingerprint density at radius 2 is 1.10 bits per heavy atom. The molecule has 4 fully saturated rings. The molecule has 0 radical (unpaired) electrons. The molecular formula is C42H100N4O4. The largest absolute Gasteiger partial charge is 0.396 e. The van der Waals surface area contributed by atoms with E-state index in [4.69, 9.17) is 21.7 Å². The molecule has 0 aromatic rings. The molecule has 0 saturated heterocycles. The Labute approximate surface area is 316 Å². The van der Waals surface area contributed by atoms with Gasteiger partial charge in [0.05, 0.1) is 0 Å². The van der Waals surface area contributed by atoms with Gasteiger partial charge in [-0.2, -0.15) is 0 Å². The number of hydrogen-bond donors (Lipinski definition) is 7. The summed E-state index contributed by atoms with van der Waals surface area (Å²) in [5, 5.41) is 25.2. The first kappa shape index (κ1) is 61.7. The minimum absolute atomic E-state index is 0. The van der Waals surface area contributed by atoms with Gasteiger partial charge in [-0.3, -0.25) is 0 Å². The van der Waals surface area contributed by atoms with E-state index in [0.717, 1.165) is 54.8 Å². The Hall–Kier alpha value is -0.320. The van der Waals surface area contributed by atoms with Crippen molar-refractivity contribution >= 4 is 0 Å². The summed E-state index contributed by atoms with van der Waals surface area (Å²) in [6, 6.07) is 0. The molecule has 4 aliphatic rings. The van der Waals surface area contributed by atoms with Crippen molar-refractivity contribution in [1.29, 1.82) is 0 Å². The van der Waals surface area contributed by atoms with Crippen molar-refractivity contribution < 1.29 is 20.1 Å².